The summed E-state index contributed by atoms with van der Waals surface area (Å²) in [5.74, 6) is 0.878. The van der Waals surface area contributed by atoms with Crippen molar-refractivity contribution in [3.05, 3.63) is 121 Å². The number of fused-ring (bicyclic) bond motifs is 9. The molecule has 0 bridgehead atoms. The molecule has 9 rings (SSSR count). The Morgan fingerprint density at radius 1 is 0.487 bits per heavy atom. The van der Waals surface area contributed by atoms with Crippen LogP contribution in [0.25, 0.3) is 71.8 Å². The Kier molecular flexibility index (Phi) is 3.96. The number of hydrogen-bond acceptors (Lipinski definition) is 3. The van der Waals surface area contributed by atoms with E-state index in [1.165, 1.54) is 0 Å². The van der Waals surface area contributed by atoms with Crippen molar-refractivity contribution in [2.24, 2.45) is 0 Å². The topological polar surface area (TPSA) is 52.9 Å². The third-order valence-electron chi connectivity index (χ3n) is 7.70. The van der Waals surface area contributed by atoms with E-state index >= 15 is 0 Å². The number of imidazole rings is 2. The summed E-state index contributed by atoms with van der Waals surface area (Å²) in [6, 6.07) is 42.0. The van der Waals surface area contributed by atoms with Crippen LogP contribution in [0.4, 0.5) is 0 Å². The molecule has 0 unspecified atom stereocenters. The maximum absolute atomic E-state index is 5.09. The maximum atomic E-state index is 5.09. The maximum Gasteiger partial charge on any atom is 0.220 e. The van der Waals surface area contributed by atoms with Crippen molar-refractivity contribution < 1.29 is 0 Å². The second-order valence-electron chi connectivity index (χ2n) is 9.86. The minimum atomic E-state index is 0.837. The van der Waals surface area contributed by atoms with E-state index in [1.807, 2.05) is 6.07 Å². The summed E-state index contributed by atoms with van der Waals surface area (Å²) in [4.78, 5) is 6.86. The van der Waals surface area contributed by atoms with E-state index in [0.29, 0.717) is 0 Å². The number of aromatic nitrogens is 6. The van der Waals surface area contributed by atoms with E-state index in [2.05, 4.69) is 124 Å². The van der Waals surface area contributed by atoms with Crippen LogP contribution in [0.1, 0.15) is 0 Å². The van der Waals surface area contributed by atoms with Gasteiger partial charge in [-0.3, -0.25) is 8.97 Å². The molecule has 0 aliphatic heterocycles. The fourth-order valence-corrected chi connectivity index (χ4v) is 5.99. The van der Waals surface area contributed by atoms with Crippen molar-refractivity contribution >= 4 is 60.4 Å². The summed E-state index contributed by atoms with van der Waals surface area (Å²) in [5, 5.41) is 14.5. The predicted molar refractivity (Wildman–Crippen MR) is 157 cm³/mol. The number of nitrogens with zero attached hydrogens (tertiary/aromatic N) is 6. The molecule has 9 aromatic rings. The van der Waals surface area contributed by atoms with Crippen molar-refractivity contribution in [1.82, 2.24) is 28.9 Å². The molecule has 39 heavy (non-hydrogen) atoms. The van der Waals surface area contributed by atoms with E-state index < -0.39 is 0 Å². The fraction of sp³-hybridized carbons (Fsp3) is 0. The summed E-state index contributed by atoms with van der Waals surface area (Å²) in [6.45, 7) is 0. The predicted octanol–water partition coefficient (Wildman–Crippen LogP) is 7.47. The first-order chi connectivity index (χ1) is 19.3. The van der Waals surface area contributed by atoms with E-state index in [1.54, 1.807) is 4.80 Å². The SMILES string of the molecule is c1ccc2c(-n3nc4cc(-n5c6ccccc6n6c7ccccc7nc56)c5ccccc5c4n3)cccc2c1. The summed E-state index contributed by atoms with van der Waals surface area (Å²) in [6.07, 6.45) is 0. The van der Waals surface area contributed by atoms with Crippen LogP contribution in [0.15, 0.2) is 121 Å². The van der Waals surface area contributed by atoms with Crippen molar-refractivity contribution in [3.8, 4) is 11.4 Å². The van der Waals surface area contributed by atoms with Crippen molar-refractivity contribution in [2.45, 2.75) is 0 Å². The molecule has 0 radical (unpaired) electrons. The van der Waals surface area contributed by atoms with Crippen LogP contribution < -0.4 is 0 Å². The van der Waals surface area contributed by atoms with Gasteiger partial charge in [0.1, 0.15) is 11.0 Å². The summed E-state index contributed by atoms with van der Waals surface area (Å²) in [7, 11) is 0. The first-order valence-corrected chi connectivity index (χ1v) is 13.0. The number of rotatable bonds is 2. The highest BCUT2D eigenvalue weighted by molar-refractivity contribution is 6.09. The fourth-order valence-electron chi connectivity index (χ4n) is 5.99. The van der Waals surface area contributed by atoms with E-state index in [-0.39, 0.29) is 0 Å². The summed E-state index contributed by atoms with van der Waals surface area (Å²) < 4.78 is 4.50. The molecule has 3 aromatic heterocycles. The average molecular weight is 501 g/mol. The Hall–Kier alpha value is -5.49. The number of hydrogen-bond donors (Lipinski definition) is 0. The molecule has 182 valence electrons. The largest absolute Gasteiger partial charge is 0.277 e. The first kappa shape index (κ1) is 20.6. The molecule has 6 nitrogen and oxygen atoms in total. The van der Waals surface area contributed by atoms with Gasteiger partial charge in [0.15, 0.2) is 0 Å². The van der Waals surface area contributed by atoms with Gasteiger partial charge in [0.05, 0.1) is 33.4 Å². The van der Waals surface area contributed by atoms with Gasteiger partial charge < -0.3 is 0 Å². The van der Waals surface area contributed by atoms with Crippen molar-refractivity contribution in [3.63, 3.8) is 0 Å². The lowest BCUT2D eigenvalue weighted by Crippen LogP contribution is -1.99. The zero-order chi connectivity index (χ0) is 25.5. The Labute approximate surface area is 222 Å². The van der Waals surface area contributed by atoms with E-state index in [0.717, 1.165) is 71.8 Å². The van der Waals surface area contributed by atoms with Crippen LogP contribution in [-0.4, -0.2) is 28.9 Å². The molecule has 0 saturated heterocycles. The molecule has 0 amide bonds. The third kappa shape index (κ3) is 2.77. The molecule has 0 N–H and O–H groups in total. The van der Waals surface area contributed by atoms with Crippen LogP contribution in [0.2, 0.25) is 0 Å². The van der Waals surface area contributed by atoms with Gasteiger partial charge in [-0.1, -0.05) is 84.9 Å². The Bertz CT molecular complexity index is 2400. The first-order valence-electron chi connectivity index (χ1n) is 13.0. The Balaban J connectivity index is 1.40. The summed E-state index contributed by atoms with van der Waals surface area (Å²) in [5.41, 5.74) is 7.98. The minimum Gasteiger partial charge on any atom is -0.277 e. The molecule has 0 saturated carbocycles. The van der Waals surface area contributed by atoms with Crippen LogP contribution >= 0.6 is 0 Å². The molecule has 3 heterocycles. The highest BCUT2D eigenvalue weighted by Crippen LogP contribution is 2.35. The normalized spacial score (nSPS) is 12.1. The molecule has 0 fully saturated rings. The van der Waals surface area contributed by atoms with Crippen LogP contribution in [0.5, 0.6) is 0 Å². The van der Waals surface area contributed by atoms with Gasteiger partial charge >= 0.3 is 0 Å². The molecule has 0 aliphatic carbocycles. The molecule has 6 heteroatoms. The lowest BCUT2D eigenvalue weighted by atomic mass is 10.1. The lowest BCUT2D eigenvalue weighted by Gasteiger charge is -2.10. The van der Waals surface area contributed by atoms with Crippen LogP contribution in [-0.2, 0) is 0 Å². The Morgan fingerprint density at radius 3 is 2.08 bits per heavy atom. The molecular weight excluding hydrogens is 480 g/mol. The second-order valence-corrected chi connectivity index (χ2v) is 9.86. The zero-order valence-electron chi connectivity index (χ0n) is 20.7. The molecule has 6 aromatic carbocycles. The number of para-hydroxylation sites is 4. The average Bonchev–Trinajstić information content (AvgIpc) is 3.67. The molecule has 0 spiro atoms. The molecule has 0 aliphatic rings. The van der Waals surface area contributed by atoms with Gasteiger partial charge in [-0.2, -0.15) is 0 Å². The molecular formula is C33H20N6. The minimum absolute atomic E-state index is 0.837. The summed E-state index contributed by atoms with van der Waals surface area (Å²) >= 11 is 0. The van der Waals surface area contributed by atoms with Crippen LogP contribution in [0, 0.1) is 0 Å². The Morgan fingerprint density at radius 2 is 1.18 bits per heavy atom. The standard InChI is InChI=1S/C33H20N6/c1-2-12-22-21(10-1)11-9-19-27(22)39-35-26-20-31(23-13-3-4-14-24(23)32(26)36-39)38-30-18-8-7-17-29(30)37-28-16-6-5-15-25(28)34-33(37)38/h1-20H. The van der Waals surface area contributed by atoms with Gasteiger partial charge in [0, 0.05) is 16.2 Å². The quantitative estimate of drug-likeness (QED) is 0.247. The third-order valence-corrected chi connectivity index (χ3v) is 7.70. The van der Waals surface area contributed by atoms with Gasteiger partial charge in [-0.15, -0.1) is 15.0 Å². The van der Waals surface area contributed by atoms with Crippen molar-refractivity contribution in [1.29, 1.82) is 0 Å². The zero-order valence-corrected chi connectivity index (χ0v) is 20.7. The van der Waals surface area contributed by atoms with E-state index in [4.69, 9.17) is 15.2 Å². The van der Waals surface area contributed by atoms with E-state index in [9.17, 15) is 0 Å². The number of benzene rings is 6. The van der Waals surface area contributed by atoms with Gasteiger partial charge in [-0.05, 0) is 41.8 Å². The second kappa shape index (κ2) is 7.52. The monoisotopic (exact) mass is 500 g/mol. The smallest absolute Gasteiger partial charge is 0.220 e. The highest BCUT2D eigenvalue weighted by atomic mass is 15.5. The lowest BCUT2D eigenvalue weighted by molar-refractivity contribution is 0.772. The van der Waals surface area contributed by atoms with Crippen molar-refractivity contribution in [2.75, 3.05) is 0 Å². The van der Waals surface area contributed by atoms with Crippen LogP contribution in [0.3, 0.4) is 0 Å². The molecule has 0 atom stereocenters. The van der Waals surface area contributed by atoms with Gasteiger partial charge in [0.25, 0.3) is 0 Å². The highest BCUT2D eigenvalue weighted by Gasteiger charge is 2.20. The van der Waals surface area contributed by atoms with Gasteiger partial charge in [-0.25, -0.2) is 4.98 Å². The van der Waals surface area contributed by atoms with Gasteiger partial charge in [0.2, 0.25) is 5.78 Å².